The SMILES string of the molecule is COc1ccc([Si](C)(C)[C@H]2[C@H](CCn3cc(C(CO)c4ccccc4)nn3)O[C@@]3(C(=O)N(Cc4cccc(N5C(=O)CC5OC(C)=O)c4)c4ccc([N+](=O)[O-])cc43)[C@@H]2C)cc1. The van der Waals surface area contributed by atoms with Crippen molar-refractivity contribution in [3.8, 4) is 5.75 Å². The normalized spacial score (nSPS) is 22.6. The monoisotopic (exact) mass is 844 g/mol. The second-order valence-electron chi connectivity index (χ2n) is 16.5. The molecule has 16 heteroatoms. The number of nitro benzene ring substituents is 1. The molecule has 316 valence electrons. The van der Waals surface area contributed by atoms with Crippen LogP contribution in [0.2, 0.25) is 18.6 Å². The summed E-state index contributed by atoms with van der Waals surface area (Å²) in [6, 6.07) is 29.3. The molecule has 8 rings (SSSR count). The number of ether oxygens (including phenoxy) is 3. The van der Waals surface area contributed by atoms with E-state index in [0.717, 1.165) is 16.5 Å². The molecule has 0 aliphatic carbocycles. The highest BCUT2D eigenvalue weighted by Crippen LogP contribution is 2.60. The predicted molar refractivity (Wildman–Crippen MR) is 228 cm³/mol. The number of aryl methyl sites for hydroxylation is 1. The number of benzene rings is 4. The zero-order valence-electron chi connectivity index (χ0n) is 34.6. The van der Waals surface area contributed by atoms with E-state index < -0.39 is 42.8 Å². The first-order valence-electron chi connectivity index (χ1n) is 20.3. The molecular formula is C45H48N6O9Si. The summed E-state index contributed by atoms with van der Waals surface area (Å²) >= 11 is 0. The summed E-state index contributed by atoms with van der Waals surface area (Å²) in [5.41, 5.74) is 1.82. The lowest BCUT2D eigenvalue weighted by Crippen LogP contribution is -2.54. The largest absolute Gasteiger partial charge is 0.497 e. The summed E-state index contributed by atoms with van der Waals surface area (Å²) in [5, 5.41) is 32.6. The van der Waals surface area contributed by atoms with Gasteiger partial charge in [0, 0.05) is 49.0 Å². The highest BCUT2D eigenvalue weighted by atomic mass is 28.3. The van der Waals surface area contributed by atoms with Crippen LogP contribution in [0.25, 0.3) is 0 Å². The van der Waals surface area contributed by atoms with Crippen LogP contribution in [-0.2, 0) is 42.5 Å². The number of aliphatic hydroxyl groups is 1. The van der Waals surface area contributed by atoms with E-state index in [0.29, 0.717) is 41.2 Å². The van der Waals surface area contributed by atoms with Crippen molar-refractivity contribution >= 4 is 48.1 Å². The van der Waals surface area contributed by atoms with E-state index in [1.165, 1.54) is 24.0 Å². The molecule has 15 nitrogen and oxygen atoms in total. The topological polar surface area (TPSA) is 179 Å². The standard InChI is InChI=1S/C45H48N6O9Si/c1-28-43(61(4,5)35-17-15-34(58-3)16-18-35)40(20-21-48-26-38(46-47-48)36(27-52)31-11-7-6-8-12-31)60-45(28)37-23-33(51(56)57)14-19-39(37)49(44(45)55)25-30-10-9-13-32(22-30)50-41(54)24-42(50)59-29(2)53/h6-19,22-23,26,28,36,40,42-43,52H,20-21,24-25,27H2,1-5H3/t28-,36?,40+,42?,43-,45+/m1/s1. The van der Waals surface area contributed by atoms with Gasteiger partial charge in [0.1, 0.15) is 5.75 Å². The number of nitro groups is 1. The second-order valence-corrected chi connectivity index (χ2v) is 21.2. The van der Waals surface area contributed by atoms with E-state index in [1.807, 2.05) is 61.7 Å². The van der Waals surface area contributed by atoms with Crippen LogP contribution >= 0.6 is 0 Å². The minimum atomic E-state index is -2.56. The second kappa shape index (κ2) is 16.3. The fourth-order valence-electron chi connectivity index (χ4n) is 9.71. The summed E-state index contributed by atoms with van der Waals surface area (Å²) < 4.78 is 19.8. The molecule has 6 atom stereocenters. The Morgan fingerprint density at radius 1 is 1.05 bits per heavy atom. The van der Waals surface area contributed by atoms with Crippen LogP contribution in [0, 0.1) is 16.0 Å². The molecule has 2 saturated heterocycles. The Balaban J connectivity index is 1.16. The molecule has 5 aromatic rings. The maximum atomic E-state index is 15.4. The Morgan fingerprint density at radius 3 is 2.48 bits per heavy atom. The molecule has 61 heavy (non-hydrogen) atoms. The number of carbonyl (C=O) groups excluding carboxylic acids is 3. The van der Waals surface area contributed by atoms with Gasteiger partial charge in [-0.05, 0) is 53.4 Å². The van der Waals surface area contributed by atoms with Gasteiger partial charge in [-0.2, -0.15) is 0 Å². The molecule has 4 heterocycles. The third-order valence-electron chi connectivity index (χ3n) is 12.7. The maximum absolute atomic E-state index is 15.4. The zero-order chi connectivity index (χ0) is 43.2. The third-order valence-corrected chi connectivity index (χ3v) is 17.1. The molecule has 0 bridgehead atoms. The van der Waals surface area contributed by atoms with Gasteiger partial charge >= 0.3 is 5.97 Å². The van der Waals surface area contributed by atoms with Crippen molar-refractivity contribution in [2.75, 3.05) is 23.5 Å². The average molecular weight is 845 g/mol. The number of hydrogen-bond donors (Lipinski definition) is 1. The lowest BCUT2D eigenvalue weighted by atomic mass is 9.82. The van der Waals surface area contributed by atoms with Crippen molar-refractivity contribution in [2.24, 2.45) is 5.92 Å². The third kappa shape index (κ3) is 7.38. The van der Waals surface area contributed by atoms with Gasteiger partial charge in [-0.25, -0.2) is 0 Å². The molecule has 2 amide bonds. The van der Waals surface area contributed by atoms with Crippen LogP contribution in [0.5, 0.6) is 5.75 Å². The fourth-order valence-corrected chi connectivity index (χ4v) is 13.8. The number of non-ortho nitro benzene ring substituents is 1. The van der Waals surface area contributed by atoms with Crippen LogP contribution in [-0.4, -0.2) is 76.9 Å². The van der Waals surface area contributed by atoms with Crippen LogP contribution < -0.4 is 19.7 Å². The Morgan fingerprint density at radius 2 is 1.80 bits per heavy atom. The summed E-state index contributed by atoms with van der Waals surface area (Å²) in [4.78, 5) is 54.7. The van der Waals surface area contributed by atoms with Crippen LogP contribution in [0.3, 0.4) is 0 Å². The maximum Gasteiger partial charge on any atom is 0.304 e. The van der Waals surface area contributed by atoms with Gasteiger partial charge in [0.25, 0.3) is 11.6 Å². The minimum absolute atomic E-state index is 0.0752. The molecular weight excluding hydrogens is 797 g/mol. The number of hydrogen-bond acceptors (Lipinski definition) is 11. The molecule has 1 spiro atoms. The first kappa shape index (κ1) is 41.5. The van der Waals surface area contributed by atoms with Crippen molar-refractivity contribution < 1.29 is 38.6 Å². The Labute approximate surface area is 354 Å². The van der Waals surface area contributed by atoms with Crippen LogP contribution in [0.1, 0.15) is 55.0 Å². The summed E-state index contributed by atoms with van der Waals surface area (Å²) in [6.45, 7) is 8.19. The number of anilines is 2. The van der Waals surface area contributed by atoms with Gasteiger partial charge in [0.15, 0.2) is 11.8 Å². The molecule has 2 unspecified atom stereocenters. The van der Waals surface area contributed by atoms with E-state index in [9.17, 15) is 24.8 Å². The van der Waals surface area contributed by atoms with Crippen LogP contribution in [0.4, 0.5) is 17.1 Å². The number of fused-ring (bicyclic) bond motifs is 2. The van der Waals surface area contributed by atoms with Crippen molar-refractivity contribution in [1.29, 1.82) is 0 Å². The smallest absolute Gasteiger partial charge is 0.304 e. The molecule has 0 radical (unpaired) electrons. The Bertz CT molecular complexity index is 2480. The number of methoxy groups -OCH3 is 1. The van der Waals surface area contributed by atoms with Gasteiger partial charge in [-0.1, -0.05) is 85.0 Å². The zero-order valence-corrected chi connectivity index (χ0v) is 35.6. The van der Waals surface area contributed by atoms with Gasteiger partial charge in [-0.15, -0.1) is 5.10 Å². The lowest BCUT2D eigenvalue weighted by Gasteiger charge is -2.39. The van der Waals surface area contributed by atoms with Gasteiger partial charge in [0.2, 0.25) is 5.91 Å². The highest BCUT2D eigenvalue weighted by molar-refractivity contribution is 6.91. The summed E-state index contributed by atoms with van der Waals surface area (Å²) in [7, 11) is -0.942. The molecule has 4 aromatic carbocycles. The molecule has 2 fully saturated rings. The molecule has 3 aliphatic heterocycles. The van der Waals surface area contributed by atoms with Gasteiger partial charge in [0.05, 0.1) is 63.1 Å². The fraction of sp³-hybridized carbons (Fsp3) is 0.356. The van der Waals surface area contributed by atoms with E-state index in [4.69, 9.17) is 14.2 Å². The molecule has 0 saturated carbocycles. The highest BCUT2D eigenvalue weighted by Gasteiger charge is 2.66. The number of aliphatic hydroxyl groups excluding tert-OH is 1. The van der Waals surface area contributed by atoms with Crippen molar-refractivity contribution in [2.45, 2.75) is 82.3 Å². The average Bonchev–Trinajstić information content (AvgIpc) is 3.90. The number of rotatable bonds is 14. The number of nitrogens with zero attached hydrogens (tertiary/aromatic N) is 6. The van der Waals surface area contributed by atoms with E-state index in [2.05, 4.69) is 35.5 Å². The Hall–Kier alpha value is -6.23. The minimum Gasteiger partial charge on any atom is -0.497 e. The van der Waals surface area contributed by atoms with E-state index >= 15 is 4.79 Å². The first-order valence-corrected chi connectivity index (χ1v) is 23.4. The lowest BCUT2D eigenvalue weighted by molar-refractivity contribution is -0.385. The number of amides is 2. The van der Waals surface area contributed by atoms with Gasteiger partial charge in [-0.3, -0.25) is 34.1 Å². The van der Waals surface area contributed by atoms with E-state index in [-0.39, 0.29) is 48.5 Å². The van der Waals surface area contributed by atoms with Gasteiger partial charge < -0.3 is 24.2 Å². The number of β-lactam (4-membered cyclic amide) rings is 1. The van der Waals surface area contributed by atoms with Crippen LogP contribution in [0.15, 0.2) is 103 Å². The number of carbonyl (C=O) groups is 3. The number of aromatic nitrogens is 3. The quantitative estimate of drug-likeness (QED) is 0.0470. The van der Waals surface area contributed by atoms with Crippen molar-refractivity contribution in [3.63, 3.8) is 0 Å². The number of esters is 1. The molecule has 3 aliphatic rings. The summed E-state index contributed by atoms with van der Waals surface area (Å²) in [6.07, 6.45) is 1.16. The van der Waals surface area contributed by atoms with E-state index in [1.54, 1.807) is 41.0 Å². The first-order chi connectivity index (χ1) is 29.3. The molecule has 1 aromatic heterocycles. The predicted octanol–water partition coefficient (Wildman–Crippen LogP) is 5.80. The molecule has 1 N–H and O–H groups in total. The van der Waals surface area contributed by atoms with Crippen molar-refractivity contribution in [3.05, 3.63) is 136 Å². The van der Waals surface area contributed by atoms with Crippen molar-refractivity contribution in [1.82, 2.24) is 15.0 Å². The Kier molecular flexibility index (Phi) is 11.1. The summed E-state index contributed by atoms with van der Waals surface area (Å²) in [5.74, 6) is -1.09.